The van der Waals surface area contributed by atoms with Gasteiger partial charge in [0.25, 0.3) is 0 Å². The quantitative estimate of drug-likeness (QED) is 0.397. The van der Waals surface area contributed by atoms with Crippen LogP contribution in [-0.2, 0) is 17.6 Å². The fraction of sp³-hybridized carbons (Fsp3) is 0.720. The molecule has 152 valence electrons. The van der Waals surface area contributed by atoms with Crippen molar-refractivity contribution in [2.45, 2.75) is 105 Å². The second-order valence-electron chi connectivity index (χ2n) is 9.98. The van der Waals surface area contributed by atoms with Crippen molar-refractivity contribution in [2.75, 3.05) is 0 Å². The lowest BCUT2D eigenvalue weighted by atomic mass is 9.88. The molecule has 1 aliphatic carbocycles. The predicted octanol–water partition coefficient (Wildman–Crippen LogP) is 7.11. The number of unbranched alkanes of at least 4 members (excludes halogenated alkanes) is 4. The summed E-state index contributed by atoms with van der Waals surface area (Å²) in [5, 5.41) is 9.28. The molecule has 0 radical (unpaired) electrons. The van der Waals surface area contributed by atoms with Gasteiger partial charge in [-0.3, -0.25) is 4.79 Å². The van der Waals surface area contributed by atoms with Crippen molar-refractivity contribution in [2.24, 2.45) is 10.8 Å². The SMILES string of the molecule is Cc1cccc(CCCCCC(C)(C)C)c1CCCCCC1(C(=O)O)CC1. The van der Waals surface area contributed by atoms with Gasteiger partial charge < -0.3 is 5.11 Å². The Morgan fingerprint density at radius 1 is 1.00 bits per heavy atom. The van der Waals surface area contributed by atoms with Crippen molar-refractivity contribution in [3.8, 4) is 0 Å². The van der Waals surface area contributed by atoms with E-state index in [2.05, 4.69) is 45.9 Å². The van der Waals surface area contributed by atoms with Crippen LogP contribution in [0.15, 0.2) is 18.2 Å². The fourth-order valence-electron chi connectivity index (χ4n) is 4.17. The summed E-state index contributed by atoms with van der Waals surface area (Å²) in [5.41, 5.74) is 4.61. The van der Waals surface area contributed by atoms with Crippen LogP contribution in [0, 0.1) is 17.8 Å². The molecule has 2 heteroatoms. The van der Waals surface area contributed by atoms with Crippen molar-refractivity contribution in [1.82, 2.24) is 0 Å². The van der Waals surface area contributed by atoms with E-state index < -0.39 is 5.97 Å². The molecule has 0 amide bonds. The largest absolute Gasteiger partial charge is 0.481 e. The minimum atomic E-state index is -0.574. The maximum atomic E-state index is 11.3. The summed E-state index contributed by atoms with van der Waals surface area (Å²) >= 11 is 0. The number of hydrogen-bond donors (Lipinski definition) is 1. The molecule has 1 aliphatic rings. The highest BCUT2D eigenvalue weighted by molar-refractivity contribution is 5.77. The third-order valence-electron chi connectivity index (χ3n) is 6.27. The van der Waals surface area contributed by atoms with Gasteiger partial charge >= 0.3 is 5.97 Å². The average Bonchev–Trinajstić information content (AvgIpc) is 3.36. The zero-order chi connectivity index (χ0) is 19.9. The van der Waals surface area contributed by atoms with Gasteiger partial charge in [-0.2, -0.15) is 0 Å². The number of carboxylic acids is 1. The molecule has 0 unspecified atom stereocenters. The monoisotopic (exact) mass is 372 g/mol. The minimum Gasteiger partial charge on any atom is -0.481 e. The van der Waals surface area contributed by atoms with Crippen molar-refractivity contribution < 1.29 is 9.90 Å². The van der Waals surface area contributed by atoms with E-state index in [0.29, 0.717) is 5.41 Å². The Morgan fingerprint density at radius 3 is 2.30 bits per heavy atom. The van der Waals surface area contributed by atoms with Crippen LogP contribution < -0.4 is 0 Å². The Balaban J connectivity index is 1.73. The molecule has 1 fully saturated rings. The number of carboxylic acid groups (broad SMARTS) is 1. The van der Waals surface area contributed by atoms with Crippen LogP contribution in [0.4, 0.5) is 0 Å². The van der Waals surface area contributed by atoms with E-state index in [4.69, 9.17) is 0 Å². The lowest BCUT2D eigenvalue weighted by Crippen LogP contribution is -2.14. The van der Waals surface area contributed by atoms with E-state index in [0.717, 1.165) is 38.5 Å². The summed E-state index contributed by atoms with van der Waals surface area (Å²) < 4.78 is 0. The van der Waals surface area contributed by atoms with E-state index >= 15 is 0 Å². The third kappa shape index (κ3) is 7.31. The number of carbonyl (C=O) groups is 1. The third-order valence-corrected chi connectivity index (χ3v) is 6.27. The highest BCUT2D eigenvalue weighted by Crippen LogP contribution is 2.50. The van der Waals surface area contributed by atoms with Gasteiger partial charge in [0.1, 0.15) is 0 Å². The molecule has 0 saturated heterocycles. The molecule has 0 aromatic heterocycles. The molecule has 1 aromatic carbocycles. The summed E-state index contributed by atoms with van der Waals surface area (Å²) in [6.07, 6.45) is 13.6. The van der Waals surface area contributed by atoms with Gasteiger partial charge in [-0.25, -0.2) is 0 Å². The number of aliphatic carboxylic acids is 1. The van der Waals surface area contributed by atoms with Gasteiger partial charge in [-0.05, 0) is 80.4 Å². The summed E-state index contributed by atoms with van der Waals surface area (Å²) in [6, 6.07) is 6.75. The molecule has 0 aliphatic heterocycles. The van der Waals surface area contributed by atoms with Gasteiger partial charge in [0, 0.05) is 0 Å². The zero-order valence-corrected chi connectivity index (χ0v) is 18.1. The van der Waals surface area contributed by atoms with Crippen LogP contribution in [0.5, 0.6) is 0 Å². The second-order valence-corrected chi connectivity index (χ2v) is 9.98. The molecule has 0 heterocycles. The van der Waals surface area contributed by atoms with Gasteiger partial charge in [-0.15, -0.1) is 0 Å². The van der Waals surface area contributed by atoms with Crippen molar-refractivity contribution in [3.05, 3.63) is 34.9 Å². The average molecular weight is 373 g/mol. The molecule has 0 atom stereocenters. The van der Waals surface area contributed by atoms with Gasteiger partial charge in [0.15, 0.2) is 0 Å². The topological polar surface area (TPSA) is 37.3 Å². The minimum absolute atomic E-state index is 0.346. The van der Waals surface area contributed by atoms with E-state index in [-0.39, 0.29) is 5.41 Å². The van der Waals surface area contributed by atoms with Crippen molar-refractivity contribution in [1.29, 1.82) is 0 Å². The Morgan fingerprint density at radius 2 is 1.67 bits per heavy atom. The van der Waals surface area contributed by atoms with Crippen molar-refractivity contribution in [3.63, 3.8) is 0 Å². The van der Waals surface area contributed by atoms with Crippen molar-refractivity contribution >= 4 is 5.97 Å². The molecule has 1 N–H and O–H groups in total. The molecule has 2 nitrogen and oxygen atoms in total. The molecular formula is C25H40O2. The number of aryl methyl sites for hydroxylation is 2. The summed E-state index contributed by atoms with van der Waals surface area (Å²) in [5.74, 6) is -0.574. The molecule has 1 aromatic rings. The first-order chi connectivity index (χ1) is 12.7. The summed E-state index contributed by atoms with van der Waals surface area (Å²) in [4.78, 5) is 11.3. The predicted molar refractivity (Wildman–Crippen MR) is 114 cm³/mol. The smallest absolute Gasteiger partial charge is 0.309 e. The molecule has 2 rings (SSSR count). The first kappa shape index (κ1) is 22.0. The molecule has 0 spiro atoms. The zero-order valence-electron chi connectivity index (χ0n) is 18.1. The maximum absolute atomic E-state index is 11.3. The Labute approximate surface area is 166 Å². The lowest BCUT2D eigenvalue weighted by molar-refractivity contribution is -0.143. The highest BCUT2D eigenvalue weighted by atomic mass is 16.4. The highest BCUT2D eigenvalue weighted by Gasteiger charge is 2.49. The second kappa shape index (κ2) is 9.75. The molecular weight excluding hydrogens is 332 g/mol. The van der Waals surface area contributed by atoms with E-state index in [1.165, 1.54) is 49.7 Å². The number of hydrogen-bond acceptors (Lipinski definition) is 1. The fourth-order valence-corrected chi connectivity index (χ4v) is 4.17. The maximum Gasteiger partial charge on any atom is 0.309 e. The van der Waals surface area contributed by atoms with Crippen LogP contribution >= 0.6 is 0 Å². The normalized spacial score (nSPS) is 15.7. The van der Waals surface area contributed by atoms with E-state index in [1.807, 2.05) is 0 Å². The Kier molecular flexibility index (Phi) is 7.94. The summed E-state index contributed by atoms with van der Waals surface area (Å²) in [7, 11) is 0. The van der Waals surface area contributed by atoms with Gasteiger partial charge in [0.05, 0.1) is 5.41 Å². The van der Waals surface area contributed by atoms with Gasteiger partial charge in [-0.1, -0.05) is 64.7 Å². The van der Waals surface area contributed by atoms with Crippen LogP contribution in [0.1, 0.15) is 102 Å². The summed E-state index contributed by atoms with van der Waals surface area (Å²) in [6.45, 7) is 9.22. The van der Waals surface area contributed by atoms with Crippen LogP contribution in [0.25, 0.3) is 0 Å². The van der Waals surface area contributed by atoms with Crippen LogP contribution in [0.3, 0.4) is 0 Å². The molecule has 0 bridgehead atoms. The first-order valence-electron chi connectivity index (χ1n) is 11.0. The molecule has 27 heavy (non-hydrogen) atoms. The first-order valence-corrected chi connectivity index (χ1v) is 11.0. The number of benzene rings is 1. The van der Waals surface area contributed by atoms with Crippen LogP contribution in [0.2, 0.25) is 0 Å². The van der Waals surface area contributed by atoms with E-state index in [1.54, 1.807) is 5.56 Å². The Hall–Kier alpha value is -1.31. The van der Waals surface area contributed by atoms with E-state index in [9.17, 15) is 9.90 Å². The Bertz CT molecular complexity index is 605. The molecule has 1 saturated carbocycles. The lowest BCUT2D eigenvalue weighted by Gasteiger charge is -2.18. The standard InChI is InChI=1S/C25H40O2/c1-20-12-11-14-21(13-7-5-9-16-24(2,3)4)22(20)15-8-6-10-17-25(18-19-25)23(26)27/h11-12,14H,5-10,13,15-19H2,1-4H3,(H,26,27). The van der Waals surface area contributed by atoms with Crippen LogP contribution in [-0.4, -0.2) is 11.1 Å². The number of rotatable bonds is 12. The van der Waals surface area contributed by atoms with Gasteiger partial charge in [0.2, 0.25) is 0 Å².